The van der Waals surface area contributed by atoms with E-state index in [1.165, 1.54) is 0 Å². The molecule has 3 atom stereocenters. The van der Waals surface area contributed by atoms with Gasteiger partial charge in [-0.15, -0.1) is 0 Å². The number of anilines is 1. The number of para-hydroxylation sites is 1. The van der Waals surface area contributed by atoms with Crippen LogP contribution in [0.2, 0.25) is 5.02 Å². The molecule has 0 fully saturated rings. The second kappa shape index (κ2) is 15.4. The van der Waals surface area contributed by atoms with Crippen molar-refractivity contribution in [2.24, 2.45) is 11.8 Å². The van der Waals surface area contributed by atoms with Crippen molar-refractivity contribution in [3.63, 3.8) is 0 Å². The molecule has 3 amide bonds. The molecule has 0 spiro atoms. The van der Waals surface area contributed by atoms with Gasteiger partial charge in [-0.3, -0.25) is 9.59 Å². The molecule has 2 aromatic carbocycles. The number of carbonyl (C=O) groups is 3. The highest BCUT2D eigenvalue weighted by Gasteiger charge is 2.40. The molecular formula is C34H50ClN3O4. The fourth-order valence-corrected chi connectivity index (χ4v) is 5.20. The fraction of sp³-hybridized carbons (Fsp3) is 0.559. The predicted molar refractivity (Wildman–Crippen MR) is 172 cm³/mol. The molecule has 42 heavy (non-hydrogen) atoms. The summed E-state index contributed by atoms with van der Waals surface area (Å²) in [5.41, 5.74) is 2.19. The van der Waals surface area contributed by atoms with E-state index in [1.54, 1.807) is 31.7 Å². The van der Waals surface area contributed by atoms with Gasteiger partial charge in [0, 0.05) is 6.04 Å². The van der Waals surface area contributed by atoms with E-state index in [4.69, 9.17) is 16.3 Å². The maximum Gasteiger partial charge on any atom is 0.408 e. The molecule has 0 aliphatic rings. The fourth-order valence-electron chi connectivity index (χ4n) is 4.93. The maximum absolute atomic E-state index is 14.6. The van der Waals surface area contributed by atoms with E-state index in [-0.39, 0.29) is 23.8 Å². The van der Waals surface area contributed by atoms with Crippen LogP contribution in [0.25, 0.3) is 0 Å². The molecule has 8 heteroatoms. The minimum Gasteiger partial charge on any atom is -0.444 e. The summed E-state index contributed by atoms with van der Waals surface area (Å²) in [5.74, 6) is -0.193. The van der Waals surface area contributed by atoms with E-state index >= 15 is 0 Å². The number of alkyl carbamates (subject to hydrolysis) is 1. The first-order chi connectivity index (χ1) is 19.5. The standard InChI is InChI=1S/C34H50ClN3O4/c1-21(2)18-19-25(7)38(32(40)28(20-22(3)4)36-33(41)42-34(8,9)10)30(26-16-12-11-14-23(26)5)31(39)37-29-24(6)15-13-17-27(29)35/h11-17,21-22,25,28,30H,18-20H2,1-10H3,(H,36,41)(H,37,39). The third-order valence-electron chi connectivity index (χ3n) is 7.07. The monoisotopic (exact) mass is 599 g/mol. The molecule has 0 bridgehead atoms. The topological polar surface area (TPSA) is 87.7 Å². The van der Waals surface area contributed by atoms with Gasteiger partial charge in [0.1, 0.15) is 17.7 Å². The average molecular weight is 600 g/mol. The van der Waals surface area contributed by atoms with Crippen LogP contribution >= 0.6 is 11.6 Å². The highest BCUT2D eigenvalue weighted by Crippen LogP contribution is 2.33. The lowest BCUT2D eigenvalue weighted by Crippen LogP contribution is -2.55. The van der Waals surface area contributed by atoms with E-state index < -0.39 is 23.8 Å². The van der Waals surface area contributed by atoms with Crippen LogP contribution in [0.15, 0.2) is 42.5 Å². The number of halogens is 1. The van der Waals surface area contributed by atoms with Crippen LogP contribution in [0.4, 0.5) is 10.5 Å². The van der Waals surface area contributed by atoms with E-state index in [0.29, 0.717) is 35.0 Å². The zero-order valence-electron chi connectivity index (χ0n) is 27.0. The third kappa shape index (κ3) is 10.3. The van der Waals surface area contributed by atoms with E-state index in [2.05, 4.69) is 24.5 Å². The zero-order valence-corrected chi connectivity index (χ0v) is 27.8. The molecule has 0 saturated heterocycles. The number of hydrogen-bond acceptors (Lipinski definition) is 4. The summed E-state index contributed by atoms with van der Waals surface area (Å²) in [5, 5.41) is 6.28. The molecule has 2 N–H and O–H groups in total. The summed E-state index contributed by atoms with van der Waals surface area (Å²) in [4.78, 5) is 43.5. The number of aryl methyl sites for hydroxylation is 2. The van der Waals surface area contributed by atoms with E-state index in [9.17, 15) is 14.4 Å². The van der Waals surface area contributed by atoms with Crippen molar-refractivity contribution in [2.45, 2.75) is 112 Å². The molecule has 2 rings (SSSR count). The Balaban J connectivity index is 2.69. The van der Waals surface area contributed by atoms with Crippen LogP contribution in [-0.2, 0) is 14.3 Å². The van der Waals surface area contributed by atoms with Crippen LogP contribution in [-0.4, -0.2) is 40.5 Å². The highest BCUT2D eigenvalue weighted by atomic mass is 35.5. The summed E-state index contributed by atoms with van der Waals surface area (Å²) >= 11 is 6.51. The van der Waals surface area contributed by atoms with Crippen molar-refractivity contribution in [3.8, 4) is 0 Å². The molecule has 3 unspecified atom stereocenters. The number of nitrogens with one attached hydrogen (secondary N) is 2. The van der Waals surface area contributed by atoms with Gasteiger partial charge in [0.2, 0.25) is 5.91 Å². The lowest BCUT2D eigenvalue weighted by Gasteiger charge is -2.39. The van der Waals surface area contributed by atoms with Gasteiger partial charge in [-0.1, -0.05) is 75.7 Å². The number of ether oxygens (including phenoxy) is 1. The number of nitrogens with zero attached hydrogens (tertiary/aromatic N) is 1. The lowest BCUT2D eigenvalue weighted by molar-refractivity contribution is -0.144. The van der Waals surface area contributed by atoms with Crippen LogP contribution in [0.3, 0.4) is 0 Å². The molecule has 0 saturated carbocycles. The van der Waals surface area contributed by atoms with Gasteiger partial charge in [0.25, 0.3) is 5.91 Å². The number of carbonyl (C=O) groups excluding carboxylic acids is 3. The normalized spacial score (nSPS) is 13.8. The molecule has 7 nitrogen and oxygen atoms in total. The highest BCUT2D eigenvalue weighted by molar-refractivity contribution is 6.34. The molecule has 0 heterocycles. The molecule has 0 radical (unpaired) electrons. The smallest absolute Gasteiger partial charge is 0.408 e. The van der Waals surface area contributed by atoms with Gasteiger partial charge in [-0.05, 0) is 95.4 Å². The quantitative estimate of drug-likeness (QED) is 0.257. The Hall–Kier alpha value is -3.06. The third-order valence-corrected chi connectivity index (χ3v) is 7.38. The van der Waals surface area contributed by atoms with Gasteiger partial charge in [-0.25, -0.2) is 4.79 Å². The average Bonchev–Trinajstić information content (AvgIpc) is 2.86. The largest absolute Gasteiger partial charge is 0.444 e. The van der Waals surface area contributed by atoms with Crippen molar-refractivity contribution >= 4 is 35.2 Å². The number of rotatable bonds is 12. The second-order valence-corrected chi connectivity index (χ2v) is 13.5. The minimum absolute atomic E-state index is 0.0956. The van der Waals surface area contributed by atoms with Crippen LogP contribution < -0.4 is 10.6 Å². The zero-order chi connectivity index (χ0) is 31.8. The molecule has 0 aliphatic heterocycles. The first-order valence-electron chi connectivity index (χ1n) is 14.9. The Bertz CT molecular complexity index is 1200. The summed E-state index contributed by atoms with van der Waals surface area (Å²) in [6, 6.07) is 10.9. The van der Waals surface area contributed by atoms with E-state index in [1.807, 2.05) is 71.0 Å². The first-order valence-corrected chi connectivity index (χ1v) is 15.3. The van der Waals surface area contributed by atoms with Crippen molar-refractivity contribution in [1.82, 2.24) is 10.2 Å². The Kier molecular flexibility index (Phi) is 12.9. The Morgan fingerprint density at radius 1 is 0.881 bits per heavy atom. The van der Waals surface area contributed by atoms with Gasteiger partial charge < -0.3 is 20.3 Å². The van der Waals surface area contributed by atoms with Crippen LogP contribution in [0.5, 0.6) is 0 Å². The summed E-state index contributed by atoms with van der Waals surface area (Å²) < 4.78 is 5.52. The van der Waals surface area contributed by atoms with Gasteiger partial charge in [0.15, 0.2) is 0 Å². The molecule has 0 aliphatic carbocycles. The van der Waals surface area contributed by atoms with Gasteiger partial charge in [0.05, 0.1) is 10.7 Å². The van der Waals surface area contributed by atoms with Crippen molar-refractivity contribution < 1.29 is 19.1 Å². The summed E-state index contributed by atoms with van der Waals surface area (Å²) in [6.07, 6.45) is 1.27. The van der Waals surface area contributed by atoms with E-state index in [0.717, 1.165) is 17.5 Å². The minimum atomic E-state index is -0.966. The lowest BCUT2D eigenvalue weighted by atomic mass is 9.93. The predicted octanol–water partition coefficient (Wildman–Crippen LogP) is 8.23. The molecule has 0 aromatic heterocycles. The Morgan fingerprint density at radius 2 is 1.50 bits per heavy atom. The van der Waals surface area contributed by atoms with Crippen LogP contribution in [0, 0.1) is 25.7 Å². The Labute approximate surface area is 257 Å². The Morgan fingerprint density at radius 3 is 2.05 bits per heavy atom. The second-order valence-electron chi connectivity index (χ2n) is 13.1. The maximum atomic E-state index is 14.6. The number of amides is 3. The number of benzene rings is 2. The molecule has 232 valence electrons. The first kappa shape index (κ1) is 35.1. The van der Waals surface area contributed by atoms with Gasteiger partial charge >= 0.3 is 6.09 Å². The summed E-state index contributed by atoms with van der Waals surface area (Å²) in [6.45, 7) is 19.4. The molecular weight excluding hydrogens is 550 g/mol. The summed E-state index contributed by atoms with van der Waals surface area (Å²) in [7, 11) is 0. The molecule has 2 aromatic rings. The van der Waals surface area contributed by atoms with Crippen LogP contribution in [0.1, 0.15) is 97.4 Å². The number of hydrogen-bond donors (Lipinski definition) is 2. The van der Waals surface area contributed by atoms with Crippen molar-refractivity contribution in [2.75, 3.05) is 5.32 Å². The van der Waals surface area contributed by atoms with Gasteiger partial charge in [-0.2, -0.15) is 0 Å². The SMILES string of the molecule is Cc1ccccc1C(C(=O)Nc1c(C)cccc1Cl)N(C(=O)C(CC(C)C)NC(=O)OC(C)(C)C)C(C)CCC(C)C. The van der Waals surface area contributed by atoms with Crippen molar-refractivity contribution in [1.29, 1.82) is 0 Å². The van der Waals surface area contributed by atoms with Crippen molar-refractivity contribution in [3.05, 3.63) is 64.2 Å².